The van der Waals surface area contributed by atoms with Gasteiger partial charge in [-0.25, -0.2) is 9.78 Å². The number of hydrogen-bond acceptors (Lipinski definition) is 7. The van der Waals surface area contributed by atoms with Gasteiger partial charge in [-0.15, -0.1) is 0 Å². The zero-order chi connectivity index (χ0) is 30.7. The van der Waals surface area contributed by atoms with Crippen LogP contribution in [0.5, 0.6) is 0 Å². The predicted octanol–water partition coefficient (Wildman–Crippen LogP) is 5.67. The van der Waals surface area contributed by atoms with Crippen LogP contribution >= 0.6 is 23.2 Å². The van der Waals surface area contributed by atoms with E-state index in [1.807, 2.05) is 18.3 Å². The minimum atomic E-state index is -5.08. The van der Waals surface area contributed by atoms with Crippen LogP contribution in [0, 0.1) is 0 Å². The molecular formula is C29H33Cl2F3N4O4. The Kier molecular flexibility index (Phi) is 12.8. The number of rotatable bonds is 11. The van der Waals surface area contributed by atoms with Crippen molar-refractivity contribution in [2.45, 2.75) is 18.6 Å². The number of halogens is 5. The predicted molar refractivity (Wildman–Crippen MR) is 157 cm³/mol. The number of anilines is 1. The zero-order valence-electron chi connectivity index (χ0n) is 23.0. The first kappa shape index (κ1) is 33.6. The lowest BCUT2D eigenvalue weighted by Gasteiger charge is -2.33. The second-order valence-electron chi connectivity index (χ2n) is 9.51. The highest BCUT2D eigenvalue weighted by atomic mass is 35.5. The molecule has 2 aromatic carbocycles. The number of carbonyl (C=O) groups is 1. The van der Waals surface area contributed by atoms with Crippen LogP contribution in [0.4, 0.5) is 19.0 Å². The largest absolute Gasteiger partial charge is 0.490 e. The van der Waals surface area contributed by atoms with Gasteiger partial charge in [0.15, 0.2) is 0 Å². The van der Waals surface area contributed by atoms with E-state index in [0.29, 0.717) is 44.5 Å². The Bertz CT molecular complexity index is 1310. The Morgan fingerprint density at radius 2 is 1.81 bits per heavy atom. The summed E-state index contributed by atoms with van der Waals surface area (Å²) in [6.07, 6.45) is -3.18. The summed E-state index contributed by atoms with van der Waals surface area (Å²) in [4.78, 5) is 15.8. The summed E-state index contributed by atoms with van der Waals surface area (Å²) in [5.41, 5.74) is 11.2. The highest BCUT2D eigenvalue weighted by Gasteiger charge is 2.38. The Labute approximate surface area is 252 Å². The summed E-state index contributed by atoms with van der Waals surface area (Å²) in [5, 5.41) is 11.8. The van der Waals surface area contributed by atoms with E-state index >= 15 is 0 Å². The molecule has 13 heteroatoms. The van der Waals surface area contributed by atoms with E-state index in [9.17, 15) is 13.2 Å². The Balaban J connectivity index is 0.000000616. The molecule has 1 aromatic heterocycles. The van der Waals surface area contributed by atoms with Crippen molar-refractivity contribution in [1.82, 2.24) is 9.88 Å². The Morgan fingerprint density at radius 3 is 2.45 bits per heavy atom. The molecule has 4 N–H and O–H groups in total. The van der Waals surface area contributed by atoms with Gasteiger partial charge in [0, 0.05) is 53.9 Å². The molecule has 2 heterocycles. The van der Waals surface area contributed by atoms with Crippen LogP contribution in [0.1, 0.15) is 22.6 Å². The van der Waals surface area contributed by atoms with E-state index in [1.165, 1.54) is 11.1 Å². The fourth-order valence-electron chi connectivity index (χ4n) is 4.39. The maximum absolute atomic E-state index is 10.6. The molecule has 3 aromatic rings. The fourth-order valence-corrected chi connectivity index (χ4v) is 4.96. The van der Waals surface area contributed by atoms with E-state index in [4.69, 9.17) is 48.3 Å². The van der Waals surface area contributed by atoms with Crippen LogP contribution in [0.15, 0.2) is 54.7 Å². The standard InChI is InChI=1S/C27H32Cl2N4O2.C2HF3O2/c1-33-17-24(23-14-22(28)15-26(29)25(23)18-33)20-4-2-3-19(13-20)21-5-6-27(32-16-21)31-8-10-35-12-11-34-9-7-30;3-2(4,5)1(6)7/h2-6,13-16,24H,7-12,17-18,30H2,1H3,(H,31,32);(H,6,7)/t24-;/m0./s1. The van der Waals surface area contributed by atoms with Crippen molar-refractivity contribution in [2.75, 3.05) is 58.4 Å². The van der Waals surface area contributed by atoms with Crippen LogP contribution in [0.2, 0.25) is 10.0 Å². The first-order valence-corrected chi connectivity index (χ1v) is 13.9. The molecule has 1 aliphatic rings. The van der Waals surface area contributed by atoms with Gasteiger partial charge in [0.2, 0.25) is 0 Å². The number of carboxylic acids is 1. The van der Waals surface area contributed by atoms with Crippen molar-refractivity contribution >= 4 is 35.0 Å². The van der Waals surface area contributed by atoms with Crippen LogP contribution in [-0.2, 0) is 20.8 Å². The zero-order valence-corrected chi connectivity index (χ0v) is 24.5. The highest BCUT2D eigenvalue weighted by molar-refractivity contribution is 6.35. The molecule has 0 amide bonds. The smallest absolute Gasteiger partial charge is 0.475 e. The topological polar surface area (TPSA) is 110 Å². The molecule has 0 fully saturated rings. The highest BCUT2D eigenvalue weighted by Crippen LogP contribution is 2.39. The molecule has 0 saturated carbocycles. The van der Waals surface area contributed by atoms with Gasteiger partial charge in [-0.1, -0.05) is 47.5 Å². The summed E-state index contributed by atoms with van der Waals surface area (Å²) in [6, 6.07) is 16.6. The number of ether oxygens (including phenoxy) is 2. The molecule has 0 saturated heterocycles. The first-order valence-electron chi connectivity index (χ1n) is 13.1. The van der Waals surface area contributed by atoms with Crippen molar-refractivity contribution in [1.29, 1.82) is 0 Å². The monoisotopic (exact) mass is 628 g/mol. The van der Waals surface area contributed by atoms with E-state index in [2.05, 4.69) is 58.6 Å². The SMILES string of the molecule is CN1Cc2c(Cl)cc(Cl)cc2[C@H](c2cccc(-c3ccc(NCCOCCOCCN)nc3)c2)C1.O=C(O)C(F)(F)F. The number of alkyl halides is 3. The lowest BCUT2D eigenvalue weighted by molar-refractivity contribution is -0.192. The summed E-state index contributed by atoms with van der Waals surface area (Å²) in [5.74, 6) is -1.73. The number of nitrogens with two attached hydrogens (primary N) is 1. The number of fused-ring (bicyclic) bond motifs is 1. The lowest BCUT2D eigenvalue weighted by atomic mass is 9.84. The number of aliphatic carboxylic acids is 1. The van der Waals surface area contributed by atoms with Crippen LogP contribution in [-0.4, -0.2) is 80.2 Å². The number of aromatic nitrogens is 1. The van der Waals surface area contributed by atoms with Gasteiger partial charge >= 0.3 is 12.1 Å². The first-order chi connectivity index (χ1) is 20.0. The van der Waals surface area contributed by atoms with Crippen molar-refractivity contribution in [3.05, 3.63) is 81.5 Å². The maximum atomic E-state index is 10.6. The van der Waals surface area contributed by atoms with E-state index < -0.39 is 12.1 Å². The second-order valence-corrected chi connectivity index (χ2v) is 10.3. The van der Waals surface area contributed by atoms with Crippen LogP contribution < -0.4 is 11.1 Å². The van der Waals surface area contributed by atoms with Gasteiger partial charge in [0.1, 0.15) is 5.82 Å². The van der Waals surface area contributed by atoms with Crippen molar-refractivity contribution < 1.29 is 32.5 Å². The van der Waals surface area contributed by atoms with Crippen molar-refractivity contribution in [3.63, 3.8) is 0 Å². The summed E-state index contributed by atoms with van der Waals surface area (Å²) >= 11 is 12.9. The quantitative estimate of drug-likeness (QED) is 0.233. The molecule has 228 valence electrons. The number of benzene rings is 2. The van der Waals surface area contributed by atoms with E-state index in [-0.39, 0.29) is 5.92 Å². The van der Waals surface area contributed by atoms with E-state index in [1.54, 1.807) is 0 Å². The summed E-state index contributed by atoms with van der Waals surface area (Å²) < 4.78 is 42.6. The van der Waals surface area contributed by atoms with Gasteiger partial charge in [-0.2, -0.15) is 13.2 Å². The van der Waals surface area contributed by atoms with Gasteiger partial charge in [0.05, 0.1) is 26.4 Å². The van der Waals surface area contributed by atoms with Crippen molar-refractivity contribution in [2.24, 2.45) is 5.73 Å². The molecule has 4 rings (SSSR count). The van der Waals surface area contributed by atoms with Gasteiger partial charge in [0.25, 0.3) is 0 Å². The van der Waals surface area contributed by atoms with Gasteiger partial charge in [-0.3, -0.25) is 0 Å². The number of pyridine rings is 1. The average Bonchev–Trinajstić information content (AvgIpc) is 2.95. The molecule has 0 radical (unpaired) electrons. The number of hydrogen-bond donors (Lipinski definition) is 3. The third-order valence-corrected chi connectivity index (χ3v) is 6.86. The minimum absolute atomic E-state index is 0.203. The maximum Gasteiger partial charge on any atom is 0.490 e. The fraction of sp³-hybridized carbons (Fsp3) is 0.379. The molecule has 42 heavy (non-hydrogen) atoms. The van der Waals surface area contributed by atoms with Gasteiger partial charge < -0.3 is 30.5 Å². The lowest BCUT2D eigenvalue weighted by Crippen LogP contribution is -2.31. The van der Waals surface area contributed by atoms with Crippen molar-refractivity contribution in [3.8, 4) is 11.1 Å². The molecule has 1 atom stereocenters. The molecule has 0 spiro atoms. The van der Waals surface area contributed by atoms with Crippen LogP contribution in [0.25, 0.3) is 11.1 Å². The number of likely N-dealkylation sites (N-methyl/N-ethyl adjacent to an activating group) is 1. The summed E-state index contributed by atoms with van der Waals surface area (Å²) in [6.45, 7) is 5.22. The van der Waals surface area contributed by atoms with Crippen LogP contribution in [0.3, 0.4) is 0 Å². The summed E-state index contributed by atoms with van der Waals surface area (Å²) in [7, 11) is 2.13. The minimum Gasteiger partial charge on any atom is -0.475 e. The molecule has 1 aliphatic heterocycles. The normalized spacial score (nSPS) is 15.0. The Morgan fingerprint density at radius 1 is 1.10 bits per heavy atom. The number of nitrogens with zero attached hydrogens (tertiary/aromatic N) is 2. The average molecular weight is 630 g/mol. The van der Waals surface area contributed by atoms with E-state index in [0.717, 1.165) is 40.6 Å². The third kappa shape index (κ3) is 10.1. The second kappa shape index (κ2) is 16.1. The Hall–Kier alpha value is -2.93. The molecule has 0 aliphatic carbocycles. The molecular weight excluding hydrogens is 596 g/mol. The third-order valence-electron chi connectivity index (χ3n) is 6.31. The number of carboxylic acid groups (broad SMARTS) is 1. The molecule has 8 nitrogen and oxygen atoms in total. The number of nitrogens with one attached hydrogen (secondary N) is 1. The molecule has 0 unspecified atom stereocenters. The molecule has 0 bridgehead atoms. The van der Waals surface area contributed by atoms with Gasteiger partial charge in [-0.05, 0) is 53.6 Å².